The van der Waals surface area contributed by atoms with Gasteiger partial charge in [0.25, 0.3) is 0 Å². The molecule has 1 aliphatic heterocycles. The summed E-state index contributed by atoms with van der Waals surface area (Å²) in [5.41, 5.74) is 0.877. The number of sulfonamides is 1. The van der Waals surface area contributed by atoms with E-state index >= 15 is 0 Å². The van der Waals surface area contributed by atoms with Gasteiger partial charge in [-0.05, 0) is 41.8 Å². The number of carbonyl (C=O) groups excluding carboxylic acids is 1. The molecule has 0 spiro atoms. The number of hydrogen-bond donors (Lipinski definition) is 1. The Hall–Kier alpha value is -2.90. The average molecular weight is 439 g/mol. The van der Waals surface area contributed by atoms with Gasteiger partial charge in [0.1, 0.15) is 11.8 Å². The van der Waals surface area contributed by atoms with Crippen molar-refractivity contribution >= 4 is 26.7 Å². The van der Waals surface area contributed by atoms with Crippen LogP contribution >= 0.6 is 0 Å². The maximum absolute atomic E-state index is 13.2. The van der Waals surface area contributed by atoms with E-state index in [0.29, 0.717) is 18.7 Å². The van der Waals surface area contributed by atoms with Crippen LogP contribution in [-0.2, 0) is 21.4 Å². The molecule has 1 saturated heterocycles. The Bertz CT molecular complexity index is 1180. The molecule has 0 aromatic heterocycles. The summed E-state index contributed by atoms with van der Waals surface area (Å²) < 4.78 is 33.2. The first-order valence-corrected chi connectivity index (χ1v) is 11.9. The molecule has 0 saturated carbocycles. The van der Waals surface area contributed by atoms with Crippen LogP contribution in [0.5, 0.6) is 5.75 Å². The van der Waals surface area contributed by atoms with Crippen LogP contribution in [0.2, 0.25) is 0 Å². The van der Waals surface area contributed by atoms with Crippen LogP contribution in [0.1, 0.15) is 24.8 Å². The third-order valence-corrected chi connectivity index (χ3v) is 7.69. The van der Waals surface area contributed by atoms with Crippen molar-refractivity contribution in [2.75, 3.05) is 13.7 Å². The van der Waals surface area contributed by atoms with E-state index in [0.717, 1.165) is 29.2 Å². The third-order valence-electron chi connectivity index (χ3n) is 5.76. The van der Waals surface area contributed by atoms with Gasteiger partial charge in [0.05, 0.1) is 12.0 Å². The van der Waals surface area contributed by atoms with Crippen molar-refractivity contribution in [2.24, 2.45) is 0 Å². The summed E-state index contributed by atoms with van der Waals surface area (Å²) in [6, 6.07) is 19.4. The molecule has 0 bridgehead atoms. The average Bonchev–Trinajstić information content (AvgIpc) is 2.82. The first-order chi connectivity index (χ1) is 15.0. The Labute approximate surface area is 182 Å². The number of carbonyl (C=O) groups is 1. The second-order valence-electron chi connectivity index (χ2n) is 7.63. The lowest BCUT2D eigenvalue weighted by Crippen LogP contribution is -2.51. The molecule has 3 aromatic carbocycles. The second-order valence-corrected chi connectivity index (χ2v) is 9.52. The van der Waals surface area contributed by atoms with Gasteiger partial charge in [0.15, 0.2) is 0 Å². The van der Waals surface area contributed by atoms with Crippen molar-refractivity contribution in [3.05, 3.63) is 72.3 Å². The number of rotatable bonds is 6. The van der Waals surface area contributed by atoms with Crippen molar-refractivity contribution in [1.82, 2.24) is 9.62 Å². The molecule has 31 heavy (non-hydrogen) atoms. The summed E-state index contributed by atoms with van der Waals surface area (Å²) in [4.78, 5) is 13.4. The van der Waals surface area contributed by atoms with E-state index in [1.807, 2.05) is 36.4 Å². The van der Waals surface area contributed by atoms with Gasteiger partial charge in [0.2, 0.25) is 15.9 Å². The van der Waals surface area contributed by atoms with E-state index in [9.17, 15) is 13.2 Å². The normalized spacial score (nSPS) is 17.4. The molecule has 1 aliphatic rings. The van der Waals surface area contributed by atoms with E-state index in [1.165, 1.54) is 4.31 Å². The highest BCUT2D eigenvalue weighted by Gasteiger charge is 2.37. The second kappa shape index (κ2) is 9.08. The highest BCUT2D eigenvalue weighted by molar-refractivity contribution is 7.89. The quantitative estimate of drug-likeness (QED) is 0.637. The molecule has 162 valence electrons. The van der Waals surface area contributed by atoms with Crippen molar-refractivity contribution in [1.29, 1.82) is 0 Å². The van der Waals surface area contributed by atoms with Gasteiger partial charge < -0.3 is 10.1 Å². The summed E-state index contributed by atoms with van der Waals surface area (Å²) in [5, 5.41) is 5.02. The maximum Gasteiger partial charge on any atom is 0.243 e. The fraction of sp³-hybridized carbons (Fsp3) is 0.292. The lowest BCUT2D eigenvalue weighted by atomic mass is 10.0. The largest absolute Gasteiger partial charge is 0.496 e. The topological polar surface area (TPSA) is 75.7 Å². The third kappa shape index (κ3) is 4.29. The SMILES string of the molecule is COc1ccc2ccccc2c1CNC(=O)C1CCCCN1S(=O)(=O)c1ccccc1. The molecule has 1 amide bonds. The zero-order valence-corrected chi connectivity index (χ0v) is 18.3. The van der Waals surface area contributed by atoms with E-state index in [1.54, 1.807) is 37.4 Å². The number of ether oxygens (including phenoxy) is 1. The van der Waals surface area contributed by atoms with Crippen LogP contribution in [0.15, 0.2) is 71.6 Å². The minimum absolute atomic E-state index is 0.213. The highest BCUT2D eigenvalue weighted by Crippen LogP contribution is 2.29. The summed E-state index contributed by atoms with van der Waals surface area (Å²) >= 11 is 0. The molecule has 7 heteroatoms. The monoisotopic (exact) mass is 438 g/mol. The van der Waals surface area contributed by atoms with Gasteiger partial charge in [-0.1, -0.05) is 55.0 Å². The Balaban J connectivity index is 1.57. The number of nitrogens with zero attached hydrogens (tertiary/aromatic N) is 1. The molecule has 6 nitrogen and oxygen atoms in total. The van der Waals surface area contributed by atoms with E-state index < -0.39 is 16.1 Å². The van der Waals surface area contributed by atoms with Gasteiger partial charge in [-0.15, -0.1) is 0 Å². The molecule has 1 N–H and O–H groups in total. The van der Waals surface area contributed by atoms with Crippen LogP contribution < -0.4 is 10.1 Å². The number of hydrogen-bond acceptors (Lipinski definition) is 4. The minimum atomic E-state index is -3.74. The Morgan fingerprint density at radius 1 is 1.03 bits per heavy atom. The summed E-state index contributed by atoms with van der Waals surface area (Å²) in [6.45, 7) is 0.603. The number of fused-ring (bicyclic) bond motifs is 1. The lowest BCUT2D eigenvalue weighted by Gasteiger charge is -2.33. The molecular weight excluding hydrogens is 412 g/mol. The number of nitrogens with one attached hydrogen (secondary N) is 1. The van der Waals surface area contributed by atoms with E-state index in [-0.39, 0.29) is 17.3 Å². The van der Waals surface area contributed by atoms with Gasteiger partial charge >= 0.3 is 0 Å². The Morgan fingerprint density at radius 2 is 1.77 bits per heavy atom. The zero-order chi connectivity index (χ0) is 21.8. The van der Waals surface area contributed by atoms with Crippen LogP contribution in [-0.4, -0.2) is 38.3 Å². The predicted molar refractivity (Wildman–Crippen MR) is 120 cm³/mol. The molecule has 1 atom stereocenters. The van der Waals surface area contributed by atoms with Gasteiger partial charge in [-0.25, -0.2) is 8.42 Å². The first-order valence-electron chi connectivity index (χ1n) is 10.4. The molecule has 4 rings (SSSR count). The number of amides is 1. The van der Waals surface area contributed by atoms with Crippen molar-refractivity contribution in [3.63, 3.8) is 0 Å². The molecule has 1 fully saturated rings. The van der Waals surface area contributed by atoms with Crippen LogP contribution in [0, 0.1) is 0 Å². The first kappa shape index (κ1) is 21.3. The van der Waals surface area contributed by atoms with Crippen LogP contribution in [0.4, 0.5) is 0 Å². The minimum Gasteiger partial charge on any atom is -0.496 e. The highest BCUT2D eigenvalue weighted by atomic mass is 32.2. The Kier molecular flexibility index (Phi) is 6.25. The van der Waals surface area contributed by atoms with Gasteiger partial charge in [0, 0.05) is 18.7 Å². The fourth-order valence-corrected chi connectivity index (χ4v) is 5.84. The predicted octanol–water partition coefficient (Wildman–Crippen LogP) is 3.71. The number of benzene rings is 3. The van der Waals surface area contributed by atoms with Gasteiger partial charge in [-0.3, -0.25) is 4.79 Å². The molecule has 3 aromatic rings. The van der Waals surface area contributed by atoms with E-state index in [2.05, 4.69) is 5.32 Å². The standard InChI is InChI=1S/C24H26N2O4S/c1-30-23-15-14-18-9-5-6-12-20(18)21(23)17-25-24(27)22-13-7-8-16-26(22)31(28,29)19-10-3-2-4-11-19/h2-6,9-12,14-15,22H,7-8,13,16-17H2,1H3,(H,25,27). The van der Waals surface area contributed by atoms with Crippen LogP contribution in [0.3, 0.4) is 0 Å². The number of methoxy groups -OCH3 is 1. The summed E-state index contributed by atoms with van der Waals surface area (Å²) in [5.74, 6) is 0.408. The van der Waals surface area contributed by atoms with E-state index in [4.69, 9.17) is 4.74 Å². The maximum atomic E-state index is 13.2. The molecule has 1 unspecified atom stereocenters. The molecule has 0 aliphatic carbocycles. The molecule has 0 radical (unpaired) electrons. The van der Waals surface area contributed by atoms with Crippen LogP contribution in [0.25, 0.3) is 10.8 Å². The fourth-order valence-electron chi connectivity index (χ4n) is 4.17. The summed E-state index contributed by atoms with van der Waals surface area (Å²) in [7, 11) is -2.14. The smallest absolute Gasteiger partial charge is 0.243 e. The molecular formula is C24H26N2O4S. The number of piperidine rings is 1. The summed E-state index contributed by atoms with van der Waals surface area (Å²) in [6.07, 6.45) is 2.06. The van der Waals surface area contributed by atoms with Crippen molar-refractivity contribution < 1.29 is 17.9 Å². The lowest BCUT2D eigenvalue weighted by molar-refractivity contribution is -0.125. The van der Waals surface area contributed by atoms with Crippen molar-refractivity contribution in [3.8, 4) is 5.75 Å². The zero-order valence-electron chi connectivity index (χ0n) is 17.5. The Morgan fingerprint density at radius 3 is 2.55 bits per heavy atom. The molecule has 1 heterocycles. The van der Waals surface area contributed by atoms with Crippen molar-refractivity contribution in [2.45, 2.75) is 36.7 Å². The van der Waals surface area contributed by atoms with Gasteiger partial charge in [-0.2, -0.15) is 4.31 Å².